The molecule has 1 atom stereocenters. The van der Waals surface area contributed by atoms with Crippen molar-refractivity contribution in [2.45, 2.75) is 33.2 Å². The Morgan fingerprint density at radius 1 is 1.42 bits per heavy atom. The monoisotopic (exact) mass is 374 g/mol. The van der Waals surface area contributed by atoms with Crippen LogP contribution in [-0.2, 0) is 11.2 Å². The van der Waals surface area contributed by atoms with E-state index in [9.17, 15) is 4.79 Å². The molecule has 2 aromatic heterocycles. The number of morpholine rings is 1. The van der Waals surface area contributed by atoms with E-state index in [1.807, 2.05) is 33.0 Å². The Hall–Kier alpha value is -1.99. The van der Waals surface area contributed by atoms with E-state index < -0.39 is 0 Å². The zero-order chi connectivity index (χ0) is 18.7. The third kappa shape index (κ3) is 3.88. The van der Waals surface area contributed by atoms with Crippen molar-refractivity contribution in [3.8, 4) is 0 Å². The van der Waals surface area contributed by atoms with Gasteiger partial charge in [-0.15, -0.1) is 11.3 Å². The lowest BCUT2D eigenvalue weighted by Crippen LogP contribution is -2.36. The van der Waals surface area contributed by atoms with Crippen LogP contribution in [0.4, 0.5) is 5.69 Å². The SMILES string of the molecule is CCc1nc(C)c(C(C)N(C)C(=O)c2cc(N3CCOCC3)ccn2)s1. The number of rotatable bonds is 5. The Labute approximate surface area is 158 Å². The minimum absolute atomic E-state index is 0.0332. The van der Waals surface area contributed by atoms with E-state index in [4.69, 9.17) is 4.74 Å². The molecule has 1 aliphatic heterocycles. The van der Waals surface area contributed by atoms with Crippen LogP contribution < -0.4 is 4.90 Å². The summed E-state index contributed by atoms with van der Waals surface area (Å²) in [6, 6.07) is 3.80. The van der Waals surface area contributed by atoms with Crippen molar-refractivity contribution in [3.63, 3.8) is 0 Å². The summed E-state index contributed by atoms with van der Waals surface area (Å²) in [5, 5.41) is 1.11. The molecule has 7 heteroatoms. The molecule has 1 amide bonds. The number of carbonyl (C=O) groups is 1. The molecule has 0 aromatic carbocycles. The maximum Gasteiger partial charge on any atom is 0.272 e. The van der Waals surface area contributed by atoms with Crippen LogP contribution in [0.2, 0.25) is 0 Å². The Morgan fingerprint density at radius 2 is 2.15 bits per heavy atom. The molecule has 1 unspecified atom stereocenters. The van der Waals surface area contributed by atoms with Gasteiger partial charge in [0.1, 0.15) is 5.69 Å². The van der Waals surface area contributed by atoms with Gasteiger partial charge in [0.15, 0.2) is 0 Å². The fourth-order valence-corrected chi connectivity index (χ4v) is 4.19. The van der Waals surface area contributed by atoms with E-state index in [-0.39, 0.29) is 11.9 Å². The molecule has 0 aliphatic carbocycles. The van der Waals surface area contributed by atoms with Crippen LogP contribution in [0.3, 0.4) is 0 Å². The molecule has 0 N–H and O–H groups in total. The van der Waals surface area contributed by atoms with Gasteiger partial charge in [-0.05, 0) is 32.4 Å². The fourth-order valence-electron chi connectivity index (χ4n) is 3.09. The molecule has 1 saturated heterocycles. The third-order valence-corrected chi connectivity index (χ3v) is 6.27. The largest absolute Gasteiger partial charge is 0.378 e. The van der Waals surface area contributed by atoms with Gasteiger partial charge >= 0.3 is 0 Å². The first-order valence-corrected chi connectivity index (χ1v) is 9.85. The highest BCUT2D eigenvalue weighted by Crippen LogP contribution is 2.29. The van der Waals surface area contributed by atoms with Crippen molar-refractivity contribution in [1.29, 1.82) is 0 Å². The van der Waals surface area contributed by atoms with Crippen molar-refractivity contribution >= 4 is 22.9 Å². The van der Waals surface area contributed by atoms with Crippen molar-refractivity contribution in [3.05, 3.63) is 39.6 Å². The Morgan fingerprint density at radius 3 is 2.81 bits per heavy atom. The van der Waals surface area contributed by atoms with Crippen LogP contribution in [-0.4, -0.2) is 54.1 Å². The highest BCUT2D eigenvalue weighted by Gasteiger charge is 2.24. The number of aromatic nitrogens is 2. The summed E-state index contributed by atoms with van der Waals surface area (Å²) in [4.78, 5) is 27.0. The molecule has 0 bridgehead atoms. The van der Waals surface area contributed by atoms with Crippen LogP contribution >= 0.6 is 11.3 Å². The lowest BCUT2D eigenvalue weighted by molar-refractivity contribution is 0.0738. The number of nitrogens with zero attached hydrogens (tertiary/aromatic N) is 4. The van der Waals surface area contributed by atoms with Crippen molar-refractivity contribution in [2.24, 2.45) is 0 Å². The number of anilines is 1. The second kappa shape index (κ2) is 8.14. The standard InChI is InChI=1S/C19H26N4O2S/c1-5-17-21-13(2)18(26-17)14(3)22(4)19(24)16-12-15(6-7-20-16)23-8-10-25-11-9-23/h6-7,12,14H,5,8-11H2,1-4H3. The Bertz CT molecular complexity index is 771. The zero-order valence-corrected chi connectivity index (χ0v) is 16.7. The highest BCUT2D eigenvalue weighted by molar-refractivity contribution is 7.11. The van der Waals surface area contributed by atoms with Gasteiger partial charge in [-0.25, -0.2) is 4.98 Å². The van der Waals surface area contributed by atoms with Crippen LogP contribution in [0.15, 0.2) is 18.3 Å². The van der Waals surface area contributed by atoms with E-state index in [0.29, 0.717) is 18.9 Å². The summed E-state index contributed by atoms with van der Waals surface area (Å²) in [5.74, 6) is -0.0709. The van der Waals surface area contributed by atoms with Gasteiger partial charge in [0.05, 0.1) is 30.0 Å². The van der Waals surface area contributed by atoms with Gasteiger partial charge in [0, 0.05) is 36.9 Å². The summed E-state index contributed by atoms with van der Waals surface area (Å²) in [7, 11) is 1.83. The number of pyridine rings is 1. The Balaban J connectivity index is 1.78. The van der Waals surface area contributed by atoms with Gasteiger partial charge in [0.25, 0.3) is 5.91 Å². The van der Waals surface area contributed by atoms with E-state index in [2.05, 4.69) is 21.8 Å². The number of hydrogen-bond acceptors (Lipinski definition) is 6. The predicted octanol–water partition coefficient (Wildman–Crippen LogP) is 3.08. The van der Waals surface area contributed by atoms with Crippen molar-refractivity contribution < 1.29 is 9.53 Å². The van der Waals surface area contributed by atoms with Gasteiger partial charge in [-0.3, -0.25) is 9.78 Å². The van der Waals surface area contributed by atoms with Crippen LogP contribution in [0.5, 0.6) is 0 Å². The molecule has 0 saturated carbocycles. The molecule has 140 valence electrons. The molecule has 6 nitrogen and oxygen atoms in total. The highest BCUT2D eigenvalue weighted by atomic mass is 32.1. The second-order valence-electron chi connectivity index (χ2n) is 6.50. The molecule has 3 heterocycles. The lowest BCUT2D eigenvalue weighted by Gasteiger charge is -2.29. The molecule has 2 aromatic rings. The van der Waals surface area contributed by atoms with Gasteiger partial charge < -0.3 is 14.5 Å². The first kappa shape index (κ1) is 18.8. The molecule has 3 rings (SSSR count). The molecule has 0 radical (unpaired) electrons. The summed E-state index contributed by atoms with van der Waals surface area (Å²) < 4.78 is 5.40. The van der Waals surface area contributed by atoms with Crippen molar-refractivity contribution in [1.82, 2.24) is 14.9 Å². The number of ether oxygens (including phenoxy) is 1. The van der Waals surface area contributed by atoms with E-state index >= 15 is 0 Å². The smallest absolute Gasteiger partial charge is 0.272 e. The van der Waals surface area contributed by atoms with Crippen LogP contribution in [0.25, 0.3) is 0 Å². The molecule has 26 heavy (non-hydrogen) atoms. The maximum absolute atomic E-state index is 13.0. The minimum atomic E-state index is -0.0709. The molecular formula is C19H26N4O2S. The summed E-state index contributed by atoms with van der Waals surface area (Å²) >= 11 is 1.69. The number of aryl methyl sites for hydroxylation is 2. The maximum atomic E-state index is 13.0. The molecule has 0 spiro atoms. The topological polar surface area (TPSA) is 58.6 Å². The fraction of sp³-hybridized carbons (Fsp3) is 0.526. The van der Waals surface area contributed by atoms with E-state index in [1.165, 1.54) is 0 Å². The number of carbonyl (C=O) groups excluding carboxylic acids is 1. The van der Waals surface area contributed by atoms with E-state index in [0.717, 1.165) is 40.8 Å². The number of hydrogen-bond donors (Lipinski definition) is 0. The summed E-state index contributed by atoms with van der Waals surface area (Å²) in [6.45, 7) is 9.26. The minimum Gasteiger partial charge on any atom is -0.378 e. The summed E-state index contributed by atoms with van der Waals surface area (Å²) in [5.41, 5.74) is 2.50. The normalized spacial score (nSPS) is 15.8. The second-order valence-corrected chi connectivity index (χ2v) is 7.62. The van der Waals surface area contributed by atoms with Gasteiger partial charge in [-0.1, -0.05) is 6.92 Å². The quantitative estimate of drug-likeness (QED) is 0.805. The van der Waals surface area contributed by atoms with E-state index in [1.54, 1.807) is 22.4 Å². The summed E-state index contributed by atoms with van der Waals surface area (Å²) in [6.07, 6.45) is 2.63. The molecule has 1 aliphatic rings. The number of thiazole rings is 1. The van der Waals surface area contributed by atoms with Crippen LogP contribution in [0.1, 0.15) is 46.0 Å². The Kier molecular flexibility index (Phi) is 5.88. The first-order chi connectivity index (χ1) is 12.5. The van der Waals surface area contributed by atoms with Crippen LogP contribution in [0, 0.1) is 6.92 Å². The number of amides is 1. The average molecular weight is 375 g/mol. The zero-order valence-electron chi connectivity index (χ0n) is 15.9. The van der Waals surface area contributed by atoms with Crippen molar-refractivity contribution in [2.75, 3.05) is 38.3 Å². The van der Waals surface area contributed by atoms with Gasteiger partial charge in [-0.2, -0.15) is 0 Å². The van der Waals surface area contributed by atoms with Gasteiger partial charge in [0.2, 0.25) is 0 Å². The first-order valence-electron chi connectivity index (χ1n) is 9.03. The lowest BCUT2D eigenvalue weighted by atomic mass is 10.2. The molecular weight excluding hydrogens is 348 g/mol. The third-order valence-electron chi connectivity index (χ3n) is 4.80. The predicted molar refractivity (Wildman–Crippen MR) is 104 cm³/mol. The molecule has 1 fully saturated rings. The average Bonchev–Trinajstić information content (AvgIpc) is 3.08.